The molecule has 0 aliphatic heterocycles. The summed E-state index contributed by atoms with van der Waals surface area (Å²) in [5.74, 6) is 1.37. The lowest BCUT2D eigenvalue weighted by molar-refractivity contribution is 0.199. The lowest BCUT2D eigenvalue weighted by Gasteiger charge is -2.15. The fraction of sp³-hybridized carbons (Fsp3) is 0.467. The topological polar surface area (TPSA) is 39.7 Å². The molecule has 1 N–H and O–H groups in total. The normalized spacial score (nSPS) is 11.6. The van der Waals surface area contributed by atoms with Gasteiger partial charge in [0, 0.05) is 25.7 Å². The predicted octanol–water partition coefficient (Wildman–Crippen LogP) is 3.72. The molecule has 0 saturated carbocycles. The molecule has 21 heavy (non-hydrogen) atoms. The van der Waals surface area contributed by atoms with Crippen LogP contribution in [0.15, 0.2) is 27.7 Å². The zero-order valence-electron chi connectivity index (χ0n) is 12.5. The first kappa shape index (κ1) is 18.3. The fourth-order valence-electron chi connectivity index (χ4n) is 1.64. The smallest absolute Gasteiger partial charge is 0.175 e. The summed E-state index contributed by atoms with van der Waals surface area (Å²) in [5, 5.41) is 3.29. The van der Waals surface area contributed by atoms with E-state index < -0.39 is 0 Å². The van der Waals surface area contributed by atoms with E-state index in [0.717, 1.165) is 28.7 Å². The van der Waals surface area contributed by atoms with Crippen molar-refractivity contribution in [3.8, 4) is 11.5 Å². The monoisotopic (exact) mass is 377 g/mol. The minimum absolute atomic E-state index is 0.421. The van der Waals surface area contributed by atoms with Crippen LogP contribution in [0.2, 0.25) is 0 Å². The van der Waals surface area contributed by atoms with E-state index >= 15 is 0 Å². The molecule has 0 bridgehead atoms. The first-order valence-electron chi connectivity index (χ1n) is 6.57. The lowest BCUT2D eigenvalue weighted by atomic mass is 10.2. The van der Waals surface area contributed by atoms with Gasteiger partial charge in [-0.05, 0) is 46.1 Å². The van der Waals surface area contributed by atoms with Crippen molar-refractivity contribution in [2.45, 2.75) is 13.5 Å². The van der Waals surface area contributed by atoms with Gasteiger partial charge < -0.3 is 19.5 Å². The highest BCUT2D eigenvalue weighted by atomic mass is 79.9. The largest absolute Gasteiger partial charge is 0.493 e. The molecular weight excluding hydrogens is 358 g/mol. The van der Waals surface area contributed by atoms with E-state index in [1.54, 1.807) is 14.2 Å². The molecule has 0 aliphatic carbocycles. The molecule has 0 unspecified atom stereocenters. The maximum Gasteiger partial charge on any atom is 0.175 e. The fourth-order valence-corrected chi connectivity index (χ4v) is 2.31. The van der Waals surface area contributed by atoms with E-state index in [0.29, 0.717) is 24.7 Å². The van der Waals surface area contributed by atoms with Gasteiger partial charge in [-0.2, -0.15) is 0 Å². The number of halogens is 2. The van der Waals surface area contributed by atoms with Gasteiger partial charge >= 0.3 is 0 Å². The van der Waals surface area contributed by atoms with Gasteiger partial charge in [0.1, 0.15) is 6.61 Å². The summed E-state index contributed by atoms with van der Waals surface area (Å²) in [5.41, 5.74) is 3.55. The molecule has 0 amide bonds. The van der Waals surface area contributed by atoms with Gasteiger partial charge in [-0.25, -0.2) is 0 Å². The van der Waals surface area contributed by atoms with Gasteiger partial charge in [0.15, 0.2) is 11.5 Å². The van der Waals surface area contributed by atoms with Gasteiger partial charge in [-0.15, -0.1) is 0 Å². The molecule has 4 nitrogen and oxygen atoms in total. The first-order valence-corrected chi connectivity index (χ1v) is 7.80. The first-order chi connectivity index (χ1) is 10.1. The van der Waals surface area contributed by atoms with Gasteiger partial charge in [0.05, 0.1) is 18.2 Å². The zero-order valence-corrected chi connectivity index (χ0v) is 14.9. The summed E-state index contributed by atoms with van der Waals surface area (Å²) in [6, 6.07) is 3.97. The van der Waals surface area contributed by atoms with E-state index in [9.17, 15) is 0 Å². The van der Waals surface area contributed by atoms with Crippen LogP contribution in [0.3, 0.4) is 0 Å². The van der Waals surface area contributed by atoms with Crippen LogP contribution < -0.4 is 14.8 Å². The predicted molar refractivity (Wildman–Crippen MR) is 89.4 cm³/mol. The molecule has 118 valence electrons. The number of hydrogen-bond acceptors (Lipinski definition) is 4. The van der Waals surface area contributed by atoms with Crippen molar-refractivity contribution in [2.75, 3.05) is 34.0 Å². The van der Waals surface area contributed by atoms with Crippen LogP contribution in [-0.2, 0) is 11.3 Å². The summed E-state index contributed by atoms with van der Waals surface area (Å²) in [6.07, 6.45) is 0. The molecule has 0 saturated heterocycles. The van der Waals surface area contributed by atoms with Gasteiger partial charge in [0.25, 0.3) is 0 Å². The van der Waals surface area contributed by atoms with Crippen LogP contribution >= 0.6 is 27.5 Å². The molecule has 0 heterocycles. The van der Waals surface area contributed by atoms with Gasteiger partial charge in [-0.1, -0.05) is 11.6 Å². The molecule has 0 spiro atoms. The quantitative estimate of drug-likeness (QED) is 0.665. The second kappa shape index (κ2) is 10.1. The van der Waals surface area contributed by atoms with Gasteiger partial charge in [-0.3, -0.25) is 0 Å². The van der Waals surface area contributed by atoms with Crippen LogP contribution in [-0.4, -0.2) is 34.0 Å². The van der Waals surface area contributed by atoms with Crippen LogP contribution in [0.1, 0.15) is 12.5 Å². The standard InChI is InChI=1S/C15H21BrClNO3/c1-11(8-17)10-21-15-13(16)6-12(7-14(15)20-3)9-18-4-5-19-2/h6-8,18H,4-5,9-10H2,1-3H3/b11-8+. The van der Waals surface area contributed by atoms with Crippen molar-refractivity contribution in [1.82, 2.24) is 5.32 Å². The van der Waals surface area contributed by atoms with Crippen molar-refractivity contribution in [1.29, 1.82) is 0 Å². The molecule has 0 fully saturated rings. The molecule has 0 aliphatic rings. The zero-order chi connectivity index (χ0) is 15.7. The maximum absolute atomic E-state index is 5.74. The molecule has 0 aromatic heterocycles. The average molecular weight is 379 g/mol. The van der Waals surface area contributed by atoms with Gasteiger partial charge in [0.2, 0.25) is 0 Å². The van der Waals surface area contributed by atoms with Crippen molar-refractivity contribution >= 4 is 27.5 Å². The Hall–Kier alpha value is -0.750. The Balaban J connectivity index is 2.76. The number of rotatable bonds is 9. The van der Waals surface area contributed by atoms with Crippen molar-refractivity contribution in [3.63, 3.8) is 0 Å². The molecule has 0 radical (unpaired) electrons. The second-order valence-electron chi connectivity index (χ2n) is 4.52. The SMILES string of the molecule is COCCNCc1cc(Br)c(OC/C(C)=C/Cl)c(OC)c1. The maximum atomic E-state index is 5.74. The number of nitrogens with one attached hydrogen (secondary N) is 1. The summed E-state index contributed by atoms with van der Waals surface area (Å²) >= 11 is 9.16. The number of benzene rings is 1. The molecule has 0 atom stereocenters. The molecular formula is C15H21BrClNO3. The summed E-state index contributed by atoms with van der Waals surface area (Å²) in [6.45, 7) is 4.54. The highest BCUT2D eigenvalue weighted by Gasteiger charge is 2.11. The molecule has 1 aromatic rings. The van der Waals surface area contributed by atoms with E-state index in [-0.39, 0.29) is 0 Å². The highest BCUT2D eigenvalue weighted by molar-refractivity contribution is 9.10. The Labute approximate surface area is 139 Å². The van der Waals surface area contributed by atoms with Crippen molar-refractivity contribution in [3.05, 3.63) is 33.3 Å². The second-order valence-corrected chi connectivity index (χ2v) is 5.60. The Morgan fingerprint density at radius 3 is 2.76 bits per heavy atom. The Morgan fingerprint density at radius 1 is 1.38 bits per heavy atom. The van der Waals surface area contributed by atoms with Crippen LogP contribution in [0.5, 0.6) is 11.5 Å². The number of methoxy groups -OCH3 is 2. The van der Waals surface area contributed by atoms with Crippen LogP contribution in [0.25, 0.3) is 0 Å². The number of ether oxygens (including phenoxy) is 3. The highest BCUT2D eigenvalue weighted by Crippen LogP contribution is 2.36. The third-order valence-corrected chi connectivity index (χ3v) is 3.69. The third-order valence-electron chi connectivity index (χ3n) is 2.73. The van der Waals surface area contributed by atoms with Crippen molar-refractivity contribution < 1.29 is 14.2 Å². The van der Waals surface area contributed by atoms with E-state index in [1.807, 2.05) is 19.1 Å². The molecule has 1 rings (SSSR count). The average Bonchev–Trinajstić information content (AvgIpc) is 2.49. The minimum Gasteiger partial charge on any atom is -0.493 e. The molecule has 1 aromatic carbocycles. The number of hydrogen-bond donors (Lipinski definition) is 1. The summed E-state index contributed by atoms with van der Waals surface area (Å²) in [4.78, 5) is 0. The van der Waals surface area contributed by atoms with E-state index in [1.165, 1.54) is 5.54 Å². The van der Waals surface area contributed by atoms with Crippen LogP contribution in [0.4, 0.5) is 0 Å². The van der Waals surface area contributed by atoms with E-state index in [4.69, 9.17) is 25.8 Å². The Bertz CT molecular complexity index is 480. The summed E-state index contributed by atoms with van der Waals surface area (Å²) in [7, 11) is 3.31. The minimum atomic E-state index is 0.421. The lowest BCUT2D eigenvalue weighted by Crippen LogP contribution is -2.18. The van der Waals surface area contributed by atoms with E-state index in [2.05, 4.69) is 21.2 Å². The third kappa shape index (κ3) is 6.26. The Kier molecular flexibility index (Phi) is 8.76. The van der Waals surface area contributed by atoms with Crippen molar-refractivity contribution in [2.24, 2.45) is 0 Å². The summed E-state index contributed by atoms with van der Waals surface area (Å²) < 4.78 is 17.0. The Morgan fingerprint density at radius 2 is 2.14 bits per heavy atom. The van der Waals surface area contributed by atoms with Crippen LogP contribution in [0, 0.1) is 0 Å². The molecule has 6 heteroatoms.